The first kappa shape index (κ1) is 19.3. The summed E-state index contributed by atoms with van der Waals surface area (Å²) in [7, 11) is 0. The van der Waals surface area contributed by atoms with Gasteiger partial charge in [0, 0.05) is 36.5 Å². The van der Waals surface area contributed by atoms with Crippen molar-refractivity contribution in [2.45, 2.75) is 25.9 Å². The maximum absolute atomic E-state index is 13.1. The number of amides is 2. The van der Waals surface area contributed by atoms with Gasteiger partial charge in [0.2, 0.25) is 6.41 Å². The number of nitrogen functional groups attached to an aromatic ring is 1. The van der Waals surface area contributed by atoms with E-state index < -0.39 is 11.6 Å². The van der Waals surface area contributed by atoms with Crippen LogP contribution in [0.15, 0.2) is 35.4 Å². The van der Waals surface area contributed by atoms with Gasteiger partial charge in [-0.1, -0.05) is 6.58 Å². The topological polar surface area (TPSA) is 141 Å². The number of allylic oxidation sites excluding steroid dienone is 1. The Labute approximate surface area is 160 Å². The Kier molecular flexibility index (Phi) is 4.78. The van der Waals surface area contributed by atoms with Crippen molar-refractivity contribution in [3.8, 4) is 0 Å². The van der Waals surface area contributed by atoms with Crippen LogP contribution >= 0.6 is 0 Å². The number of aromatic amines is 1. The third-order valence-corrected chi connectivity index (χ3v) is 4.98. The largest absolute Gasteiger partial charge is 0.396 e. The zero-order chi connectivity index (χ0) is 20.6. The van der Waals surface area contributed by atoms with E-state index in [-0.39, 0.29) is 35.5 Å². The number of carbonyl (C=O) groups is 2. The number of aliphatic hydroxyl groups excluding tert-OH is 1. The van der Waals surface area contributed by atoms with Crippen LogP contribution in [0.5, 0.6) is 0 Å². The first-order chi connectivity index (χ1) is 13.3. The number of nitrogens with two attached hydrogens (primary N) is 1. The molecule has 2 amide bonds. The number of rotatable bonds is 5. The van der Waals surface area contributed by atoms with E-state index in [1.807, 2.05) is 0 Å². The molecule has 146 valence electrons. The molecule has 1 aliphatic rings. The maximum Gasteiger partial charge on any atom is 0.270 e. The molecule has 0 spiro atoms. The number of H-pyrrole nitrogens is 1. The average molecular weight is 383 g/mol. The van der Waals surface area contributed by atoms with Crippen LogP contribution in [0.25, 0.3) is 16.5 Å². The van der Waals surface area contributed by atoms with Crippen LogP contribution in [0.4, 0.5) is 5.82 Å². The monoisotopic (exact) mass is 383 g/mol. The Hall–Kier alpha value is -3.46. The van der Waals surface area contributed by atoms with Crippen molar-refractivity contribution in [3.63, 3.8) is 0 Å². The van der Waals surface area contributed by atoms with E-state index in [1.54, 1.807) is 19.9 Å². The Balaban J connectivity index is 2.29. The van der Waals surface area contributed by atoms with Crippen molar-refractivity contribution in [2.75, 3.05) is 12.3 Å². The predicted octanol–water partition coefficient (Wildman–Crippen LogP) is 0.398. The number of carbonyl (C=O) groups excluding carboxylic acids is 2. The second kappa shape index (κ2) is 6.93. The number of aliphatic hydroxyl groups is 1. The van der Waals surface area contributed by atoms with E-state index >= 15 is 0 Å². The summed E-state index contributed by atoms with van der Waals surface area (Å²) in [6.07, 6.45) is 3.31. The molecule has 0 aliphatic carbocycles. The van der Waals surface area contributed by atoms with Crippen molar-refractivity contribution in [1.82, 2.24) is 20.2 Å². The van der Waals surface area contributed by atoms with Crippen LogP contribution in [-0.2, 0) is 9.59 Å². The highest BCUT2D eigenvalue weighted by Gasteiger charge is 2.46. The van der Waals surface area contributed by atoms with Crippen molar-refractivity contribution < 1.29 is 14.7 Å². The molecule has 1 fully saturated rings. The Morgan fingerprint density at radius 1 is 1.46 bits per heavy atom. The molecule has 9 heteroatoms. The van der Waals surface area contributed by atoms with Gasteiger partial charge in [-0.25, -0.2) is 4.98 Å². The first-order valence-corrected chi connectivity index (χ1v) is 8.60. The highest BCUT2D eigenvalue weighted by atomic mass is 16.3. The fraction of sp³-hybridized carbons (Fsp3) is 0.263. The lowest BCUT2D eigenvalue weighted by Crippen LogP contribution is -2.50. The van der Waals surface area contributed by atoms with E-state index in [0.717, 1.165) is 4.90 Å². The summed E-state index contributed by atoms with van der Waals surface area (Å²) in [5.41, 5.74) is 5.75. The smallest absolute Gasteiger partial charge is 0.270 e. The van der Waals surface area contributed by atoms with Gasteiger partial charge < -0.3 is 21.1 Å². The summed E-state index contributed by atoms with van der Waals surface area (Å²) in [5, 5.41) is 12.4. The number of fused-ring (bicyclic) bond motifs is 1. The fourth-order valence-corrected chi connectivity index (χ4v) is 3.62. The molecule has 1 saturated heterocycles. The van der Waals surface area contributed by atoms with Crippen LogP contribution in [0, 0.1) is 6.92 Å². The number of nitrogens with zero attached hydrogens (tertiary/aromatic N) is 2. The molecule has 0 aromatic carbocycles. The minimum Gasteiger partial charge on any atom is -0.396 e. The molecule has 2 aromatic rings. The molecular formula is C19H21N5O4. The van der Waals surface area contributed by atoms with Crippen LogP contribution < -0.4 is 16.5 Å². The zero-order valence-corrected chi connectivity index (χ0v) is 15.6. The van der Waals surface area contributed by atoms with E-state index in [4.69, 9.17) is 5.73 Å². The van der Waals surface area contributed by atoms with Gasteiger partial charge in [0.1, 0.15) is 17.2 Å². The second-order valence-corrected chi connectivity index (χ2v) is 6.61. The van der Waals surface area contributed by atoms with Crippen LogP contribution in [0.2, 0.25) is 0 Å². The lowest BCUT2D eigenvalue weighted by Gasteiger charge is -2.32. The van der Waals surface area contributed by atoms with Crippen molar-refractivity contribution >= 4 is 34.6 Å². The Morgan fingerprint density at radius 3 is 2.79 bits per heavy atom. The van der Waals surface area contributed by atoms with E-state index in [1.165, 1.54) is 12.3 Å². The minimum atomic E-state index is -1.25. The molecule has 9 nitrogen and oxygen atoms in total. The van der Waals surface area contributed by atoms with Gasteiger partial charge in [-0.3, -0.25) is 19.3 Å². The molecule has 5 N–H and O–H groups in total. The van der Waals surface area contributed by atoms with Gasteiger partial charge in [0.05, 0.1) is 10.9 Å². The number of aryl methyl sites for hydroxylation is 1. The van der Waals surface area contributed by atoms with E-state index in [2.05, 4.69) is 21.9 Å². The first-order valence-electron chi connectivity index (χ1n) is 8.60. The van der Waals surface area contributed by atoms with Crippen LogP contribution in [-0.4, -0.2) is 44.6 Å². The second-order valence-electron chi connectivity index (χ2n) is 6.61. The Bertz CT molecular complexity index is 1090. The van der Waals surface area contributed by atoms with Crippen LogP contribution in [0.1, 0.15) is 24.6 Å². The quantitative estimate of drug-likeness (QED) is 0.334. The summed E-state index contributed by atoms with van der Waals surface area (Å²) in [5.74, 6) is -0.264. The molecule has 1 atom stereocenters. The van der Waals surface area contributed by atoms with E-state index in [9.17, 15) is 19.5 Å². The number of nitrogens with one attached hydrogen (secondary N) is 2. The van der Waals surface area contributed by atoms with Gasteiger partial charge in [-0.2, -0.15) is 0 Å². The molecule has 0 saturated carbocycles. The number of anilines is 1. The minimum absolute atomic E-state index is 0.0275. The summed E-state index contributed by atoms with van der Waals surface area (Å²) in [4.78, 5) is 45.8. The third-order valence-electron chi connectivity index (χ3n) is 4.98. The molecule has 3 rings (SSSR count). The number of hydrogen-bond acceptors (Lipinski definition) is 6. The van der Waals surface area contributed by atoms with Crippen molar-refractivity contribution in [2.24, 2.45) is 0 Å². The van der Waals surface area contributed by atoms with Crippen molar-refractivity contribution in [3.05, 3.63) is 52.1 Å². The molecular weight excluding hydrogens is 362 g/mol. The number of pyridine rings is 2. The molecule has 1 unspecified atom stereocenters. The summed E-state index contributed by atoms with van der Waals surface area (Å²) >= 11 is 0. The summed E-state index contributed by atoms with van der Waals surface area (Å²) < 4.78 is 0. The number of hydrogen-bond donors (Lipinski definition) is 4. The van der Waals surface area contributed by atoms with Crippen LogP contribution in [0.3, 0.4) is 0 Å². The Morgan fingerprint density at radius 2 is 2.18 bits per heavy atom. The maximum atomic E-state index is 13.1. The number of aromatic nitrogens is 2. The highest BCUT2D eigenvalue weighted by molar-refractivity contribution is 6.06. The molecule has 0 radical (unpaired) electrons. The zero-order valence-electron chi connectivity index (χ0n) is 15.6. The van der Waals surface area contributed by atoms with Gasteiger partial charge in [-0.15, -0.1) is 0 Å². The lowest BCUT2D eigenvalue weighted by atomic mass is 10.00. The molecule has 2 aromatic heterocycles. The van der Waals surface area contributed by atoms with Gasteiger partial charge in [-0.05, 0) is 25.5 Å². The molecule has 0 bridgehead atoms. The van der Waals surface area contributed by atoms with Crippen molar-refractivity contribution in [1.29, 1.82) is 0 Å². The fourth-order valence-electron chi connectivity index (χ4n) is 3.62. The average Bonchev–Trinajstić information content (AvgIpc) is 2.93. The highest BCUT2D eigenvalue weighted by Crippen LogP contribution is 2.33. The standard InChI is InChI=1S/C19H21N5O4/c1-4-19(5-6-25)23-18(28)16(24(19)9-26)10(2)15-11(3)22-13-7-14(20)21-8-12(13)17(15)27/h4,7-9,25H,1,5-6H2,2-3H3,(H2,20,21)(H,22,27)(H,23,28)/b16-10-. The lowest BCUT2D eigenvalue weighted by molar-refractivity contribution is -0.120. The van der Waals surface area contributed by atoms with Gasteiger partial charge in [0.25, 0.3) is 5.91 Å². The van der Waals surface area contributed by atoms with Gasteiger partial charge in [0.15, 0.2) is 5.43 Å². The normalized spacial score (nSPS) is 21.0. The molecule has 1 aliphatic heterocycles. The SMILES string of the molecule is C=CC1(CCO)NC(=O)/C(=C(\C)c2c(C)[nH]c3cc(N)ncc3c2=O)N1C=O. The molecule has 28 heavy (non-hydrogen) atoms. The third kappa shape index (κ3) is 2.76. The van der Waals surface area contributed by atoms with E-state index in [0.29, 0.717) is 28.6 Å². The van der Waals surface area contributed by atoms with Gasteiger partial charge >= 0.3 is 0 Å². The summed E-state index contributed by atoms with van der Waals surface area (Å²) in [6, 6.07) is 1.56. The summed E-state index contributed by atoms with van der Waals surface area (Å²) in [6.45, 7) is 6.70. The predicted molar refractivity (Wildman–Crippen MR) is 105 cm³/mol. The molecule has 3 heterocycles.